The van der Waals surface area contributed by atoms with Crippen LogP contribution in [0, 0.1) is 5.92 Å². The van der Waals surface area contributed by atoms with E-state index in [0.29, 0.717) is 48.3 Å². The topological polar surface area (TPSA) is 93.4 Å². The van der Waals surface area contributed by atoms with Gasteiger partial charge >= 0.3 is 6.03 Å². The summed E-state index contributed by atoms with van der Waals surface area (Å²) >= 11 is 5.88. The molecule has 10 heteroatoms. The van der Waals surface area contributed by atoms with Gasteiger partial charge in [-0.25, -0.2) is 14.4 Å². The Morgan fingerprint density at radius 2 is 1.81 bits per heavy atom. The molecule has 0 aromatic heterocycles. The van der Waals surface area contributed by atoms with E-state index in [1.54, 1.807) is 48.5 Å². The third-order valence-electron chi connectivity index (χ3n) is 5.94. The van der Waals surface area contributed by atoms with Crippen LogP contribution in [0.25, 0.3) is 0 Å². The molecule has 3 heterocycles. The second-order valence-corrected chi connectivity index (χ2v) is 8.29. The highest BCUT2D eigenvalue weighted by Gasteiger charge is 2.49. The van der Waals surface area contributed by atoms with Crippen LogP contribution in [-0.2, 0) is 9.59 Å². The predicted molar refractivity (Wildman–Crippen MR) is 118 cm³/mol. The first-order valence-corrected chi connectivity index (χ1v) is 10.6. The van der Waals surface area contributed by atoms with E-state index < -0.39 is 17.9 Å². The lowest BCUT2D eigenvalue weighted by Gasteiger charge is -2.37. The van der Waals surface area contributed by atoms with E-state index in [2.05, 4.69) is 4.99 Å². The number of carbonyl (C=O) groups is 4. The number of hydrogen-bond donors (Lipinski definition) is 0. The number of hydrogen-bond acceptors (Lipinski definition) is 5. The van der Waals surface area contributed by atoms with Crippen molar-refractivity contribution in [1.82, 2.24) is 14.7 Å². The number of amidine groups is 1. The van der Waals surface area contributed by atoms with Crippen LogP contribution in [0.4, 0.5) is 4.79 Å². The van der Waals surface area contributed by atoms with E-state index in [4.69, 9.17) is 11.6 Å². The smallest absolute Gasteiger partial charge is 0.330 e. The molecule has 3 aliphatic rings. The van der Waals surface area contributed by atoms with Gasteiger partial charge in [0.1, 0.15) is 5.84 Å². The molecule has 0 aliphatic carbocycles. The number of Topliss-reactive ketones (excluding diaryl/α,β-unsaturated/α-hetero) is 1. The highest BCUT2D eigenvalue weighted by atomic mass is 35.5. The van der Waals surface area contributed by atoms with Gasteiger partial charge in [0.05, 0.1) is 19.6 Å². The van der Waals surface area contributed by atoms with Crippen LogP contribution in [0.5, 0.6) is 0 Å². The number of ketones is 1. The van der Waals surface area contributed by atoms with Gasteiger partial charge in [0, 0.05) is 36.8 Å². The molecule has 1 aromatic carbocycles. The molecule has 4 amide bonds. The van der Waals surface area contributed by atoms with E-state index in [0.717, 1.165) is 4.90 Å². The highest BCUT2D eigenvalue weighted by molar-refractivity contribution is 6.32. The van der Waals surface area contributed by atoms with E-state index in [1.807, 2.05) is 4.58 Å². The Balaban J connectivity index is 1.61. The van der Waals surface area contributed by atoms with Gasteiger partial charge in [-0.1, -0.05) is 11.6 Å². The molecule has 1 unspecified atom stereocenters. The Bertz CT molecular complexity index is 1080. The normalized spacial score (nSPS) is 21.0. The average Bonchev–Trinajstić information content (AvgIpc) is 2.80. The lowest BCUT2D eigenvalue weighted by molar-refractivity contribution is -0.538. The number of aliphatic imine (C=N–C) groups is 1. The maximum Gasteiger partial charge on any atom is 0.332 e. The van der Waals surface area contributed by atoms with Crippen molar-refractivity contribution in [1.29, 1.82) is 0 Å². The van der Waals surface area contributed by atoms with Crippen molar-refractivity contribution in [3.63, 3.8) is 0 Å². The second-order valence-electron chi connectivity index (χ2n) is 7.85. The van der Waals surface area contributed by atoms with Gasteiger partial charge in [0.25, 0.3) is 5.91 Å². The standard InChI is InChI=1S/C22H23ClN5O4/c1-14(29)26-9-11-27(12-10-26)17-7-8-24-20-19(17)21(31)28(22(32)25(20)2)13-18(30)15-3-5-16(23)6-4-15/h3-8,19H,9-13H2,1-2H3/q+1. The number of imide groups is 1. The summed E-state index contributed by atoms with van der Waals surface area (Å²) in [5.74, 6) is -1.28. The summed E-state index contributed by atoms with van der Waals surface area (Å²) in [6, 6.07) is 5.71. The van der Waals surface area contributed by atoms with E-state index in [-0.39, 0.29) is 18.2 Å². The van der Waals surface area contributed by atoms with Crippen molar-refractivity contribution in [2.24, 2.45) is 10.9 Å². The first-order chi connectivity index (χ1) is 15.3. The maximum absolute atomic E-state index is 13.4. The van der Waals surface area contributed by atoms with Crippen LogP contribution in [0.15, 0.2) is 41.5 Å². The minimum absolute atomic E-state index is 0.0158. The van der Waals surface area contributed by atoms with Crippen LogP contribution in [0.1, 0.15) is 17.3 Å². The van der Waals surface area contributed by atoms with Gasteiger partial charge in [-0.15, -0.1) is 0 Å². The average molecular weight is 457 g/mol. The number of nitrogens with zero attached hydrogens (tertiary/aromatic N) is 5. The summed E-state index contributed by atoms with van der Waals surface area (Å²) in [6.07, 6.45) is 3.34. The molecular formula is C22H23ClN5O4+. The van der Waals surface area contributed by atoms with Crippen LogP contribution < -0.4 is 0 Å². The fourth-order valence-electron chi connectivity index (χ4n) is 4.12. The molecule has 3 aliphatic heterocycles. The van der Waals surface area contributed by atoms with Crippen molar-refractivity contribution in [3.8, 4) is 0 Å². The monoisotopic (exact) mass is 456 g/mol. The molecule has 0 bridgehead atoms. The largest absolute Gasteiger partial charge is 0.332 e. The zero-order valence-corrected chi connectivity index (χ0v) is 18.6. The summed E-state index contributed by atoms with van der Waals surface area (Å²) in [5, 5.41) is 0.491. The van der Waals surface area contributed by atoms with Crippen molar-refractivity contribution < 1.29 is 23.8 Å². The van der Waals surface area contributed by atoms with Crippen LogP contribution in [-0.4, -0.2) is 94.2 Å². The molecule has 9 nitrogen and oxygen atoms in total. The first kappa shape index (κ1) is 21.9. The van der Waals surface area contributed by atoms with E-state index in [1.165, 1.54) is 11.8 Å². The van der Waals surface area contributed by atoms with Gasteiger partial charge in [0.2, 0.25) is 5.91 Å². The molecule has 0 spiro atoms. The van der Waals surface area contributed by atoms with Crippen LogP contribution in [0.3, 0.4) is 0 Å². The number of allylic oxidation sites excluding steroid dienone is 1. The molecular weight excluding hydrogens is 434 g/mol. The van der Waals surface area contributed by atoms with Gasteiger partial charge in [-0.3, -0.25) is 24.2 Å². The third kappa shape index (κ3) is 3.95. The summed E-state index contributed by atoms with van der Waals surface area (Å²) in [7, 11) is 1.55. The lowest BCUT2D eigenvalue weighted by Crippen LogP contribution is -2.62. The summed E-state index contributed by atoms with van der Waals surface area (Å²) in [4.78, 5) is 59.1. The number of piperazine rings is 1. The number of halogens is 1. The van der Waals surface area contributed by atoms with Crippen LogP contribution >= 0.6 is 11.6 Å². The molecule has 1 aromatic rings. The maximum atomic E-state index is 13.4. The van der Waals surface area contributed by atoms with Crippen molar-refractivity contribution in [2.45, 2.75) is 6.92 Å². The van der Waals surface area contributed by atoms with Crippen molar-refractivity contribution >= 4 is 46.8 Å². The van der Waals surface area contributed by atoms with Crippen LogP contribution in [0.2, 0.25) is 5.02 Å². The van der Waals surface area contributed by atoms with Gasteiger partial charge in [-0.2, -0.15) is 0 Å². The SMILES string of the molecule is CC(=O)N1CC[N+](=C2C=CN=C3C2C(=O)N(CC(=O)c2ccc(Cl)cc2)C(=O)N3C)CC1. The molecule has 166 valence electrons. The summed E-state index contributed by atoms with van der Waals surface area (Å²) in [6.45, 7) is 3.40. The lowest BCUT2D eigenvalue weighted by atomic mass is 9.94. The number of fused-ring (bicyclic) bond motifs is 1. The third-order valence-corrected chi connectivity index (χ3v) is 6.19. The Kier molecular flexibility index (Phi) is 5.92. The van der Waals surface area contributed by atoms with Gasteiger partial charge in [-0.05, 0) is 24.3 Å². The number of amides is 4. The molecule has 4 rings (SSSR count). The minimum atomic E-state index is -0.787. The minimum Gasteiger partial charge on any atom is -0.330 e. The van der Waals surface area contributed by atoms with Crippen molar-refractivity contribution in [3.05, 3.63) is 47.1 Å². The zero-order valence-electron chi connectivity index (χ0n) is 17.8. The van der Waals surface area contributed by atoms with Crippen molar-refractivity contribution in [2.75, 3.05) is 39.8 Å². The molecule has 0 radical (unpaired) electrons. The fraction of sp³-hybridized carbons (Fsp3) is 0.364. The van der Waals surface area contributed by atoms with Gasteiger partial charge in [0.15, 0.2) is 30.5 Å². The molecule has 2 fully saturated rings. The molecule has 1 atom stereocenters. The Morgan fingerprint density at radius 3 is 2.44 bits per heavy atom. The number of benzene rings is 1. The fourth-order valence-corrected chi connectivity index (χ4v) is 4.25. The van der Waals surface area contributed by atoms with E-state index >= 15 is 0 Å². The Morgan fingerprint density at radius 1 is 1.16 bits per heavy atom. The summed E-state index contributed by atoms with van der Waals surface area (Å²) in [5.41, 5.74) is 1.08. The molecule has 32 heavy (non-hydrogen) atoms. The number of urea groups is 1. The second kappa shape index (κ2) is 8.66. The van der Waals surface area contributed by atoms with Gasteiger partial charge < -0.3 is 4.90 Å². The quantitative estimate of drug-likeness (QED) is 0.505. The Labute approximate surface area is 190 Å². The number of carbonyl (C=O) groups excluding carboxylic acids is 4. The molecule has 0 N–H and O–H groups in total. The molecule has 0 saturated carbocycles. The summed E-state index contributed by atoms with van der Waals surface area (Å²) < 4.78 is 2.04. The first-order valence-electron chi connectivity index (χ1n) is 10.3. The number of rotatable bonds is 3. The highest BCUT2D eigenvalue weighted by Crippen LogP contribution is 2.24. The Hall–Kier alpha value is -3.33. The molecule has 2 saturated heterocycles. The van der Waals surface area contributed by atoms with E-state index in [9.17, 15) is 19.2 Å². The predicted octanol–water partition coefficient (Wildman–Crippen LogP) is 1.27. The zero-order chi connectivity index (χ0) is 23.0.